The Morgan fingerprint density at radius 1 is 0.722 bits per heavy atom. The molecule has 182 valence electrons. The third-order valence-electron chi connectivity index (χ3n) is 7.80. The van der Waals surface area contributed by atoms with Gasteiger partial charge in [0.2, 0.25) is 0 Å². The van der Waals surface area contributed by atoms with Gasteiger partial charge in [0, 0.05) is 76.3 Å². The highest BCUT2D eigenvalue weighted by Gasteiger charge is 2.21. The van der Waals surface area contributed by atoms with Crippen LogP contribution in [-0.2, 0) is 19.5 Å². The van der Waals surface area contributed by atoms with Gasteiger partial charge in [-0.25, -0.2) is 9.97 Å². The zero-order valence-corrected chi connectivity index (χ0v) is 20.5. The summed E-state index contributed by atoms with van der Waals surface area (Å²) in [6, 6.07) is 21.8. The molecule has 0 radical (unpaired) electrons. The molecule has 6 heterocycles. The molecule has 1 aromatic carbocycles. The smallest absolute Gasteiger partial charge is 0.142 e. The summed E-state index contributed by atoms with van der Waals surface area (Å²) in [5.74, 6) is 2.29. The average Bonchev–Trinajstić information content (AvgIpc) is 3.58. The Hall–Kier alpha value is -3.84. The molecule has 0 atom stereocenters. The highest BCUT2D eigenvalue weighted by Crippen LogP contribution is 2.24. The van der Waals surface area contributed by atoms with E-state index in [1.54, 1.807) is 0 Å². The van der Waals surface area contributed by atoms with E-state index in [0.717, 1.165) is 75.9 Å². The van der Waals surface area contributed by atoms with Crippen molar-refractivity contribution in [3.63, 3.8) is 0 Å². The van der Waals surface area contributed by atoms with Crippen molar-refractivity contribution < 1.29 is 0 Å². The van der Waals surface area contributed by atoms with Crippen molar-refractivity contribution in [3.05, 3.63) is 90.4 Å². The van der Waals surface area contributed by atoms with Crippen molar-refractivity contribution in [2.24, 2.45) is 0 Å². The fourth-order valence-corrected chi connectivity index (χ4v) is 5.76. The number of aromatic nitrogens is 4. The van der Waals surface area contributed by atoms with Crippen LogP contribution in [0.25, 0.3) is 16.7 Å². The normalized spacial score (nSPS) is 16.7. The van der Waals surface area contributed by atoms with Crippen LogP contribution < -0.4 is 9.80 Å². The summed E-state index contributed by atoms with van der Waals surface area (Å²) in [6.45, 7) is 8.03. The van der Waals surface area contributed by atoms with Gasteiger partial charge in [0.1, 0.15) is 22.9 Å². The second-order valence-electron chi connectivity index (χ2n) is 9.90. The van der Waals surface area contributed by atoms with Gasteiger partial charge in [0.25, 0.3) is 0 Å². The standard InChI is InChI=1S/C29H31N7/c1-2-5-25-22-32(13-10-23(25)4-1)16-17-35-14-11-24-8-9-27(31-29(24)35)33-18-20-34(21-19-33)28-7-3-6-26-30-12-15-36(26)28/h1-9,11-12,14-15H,10,13,16-22H2. The van der Waals surface area contributed by atoms with Gasteiger partial charge in [0.05, 0.1) is 0 Å². The highest BCUT2D eigenvalue weighted by atomic mass is 15.3. The Morgan fingerprint density at radius 3 is 2.50 bits per heavy atom. The van der Waals surface area contributed by atoms with Gasteiger partial charge in [-0.3, -0.25) is 9.30 Å². The first-order valence-corrected chi connectivity index (χ1v) is 13.0. The van der Waals surface area contributed by atoms with Crippen molar-refractivity contribution in [1.29, 1.82) is 0 Å². The van der Waals surface area contributed by atoms with Crippen molar-refractivity contribution in [1.82, 2.24) is 23.8 Å². The molecule has 0 saturated carbocycles. The first-order chi connectivity index (χ1) is 17.8. The Labute approximate surface area is 211 Å². The van der Waals surface area contributed by atoms with E-state index < -0.39 is 0 Å². The molecule has 0 unspecified atom stereocenters. The van der Waals surface area contributed by atoms with Crippen LogP contribution in [0.15, 0.2) is 79.3 Å². The number of fused-ring (bicyclic) bond motifs is 3. The molecule has 2 aliphatic rings. The number of hydrogen-bond acceptors (Lipinski definition) is 5. The summed E-state index contributed by atoms with van der Waals surface area (Å²) < 4.78 is 4.50. The van der Waals surface area contributed by atoms with Gasteiger partial charge in [-0.2, -0.15) is 0 Å². The average molecular weight is 478 g/mol. The van der Waals surface area contributed by atoms with Crippen LogP contribution in [0.2, 0.25) is 0 Å². The molecule has 0 spiro atoms. The van der Waals surface area contributed by atoms with E-state index in [4.69, 9.17) is 4.98 Å². The predicted molar refractivity (Wildman–Crippen MR) is 145 cm³/mol. The maximum atomic E-state index is 5.13. The number of hydrogen-bond donors (Lipinski definition) is 0. The largest absolute Gasteiger partial charge is 0.354 e. The highest BCUT2D eigenvalue weighted by molar-refractivity contribution is 5.78. The lowest BCUT2D eigenvalue weighted by Gasteiger charge is -2.36. The SMILES string of the molecule is c1ccc2c(c1)CCN(CCn1ccc3ccc(N4CCN(c5cccc6nccn56)CC4)nc31)C2. The summed E-state index contributed by atoms with van der Waals surface area (Å²) in [6.07, 6.45) is 7.26. The van der Waals surface area contributed by atoms with E-state index in [0.29, 0.717) is 0 Å². The van der Waals surface area contributed by atoms with Crippen LogP contribution in [0, 0.1) is 0 Å². The number of imidazole rings is 1. The van der Waals surface area contributed by atoms with Crippen LogP contribution in [0.3, 0.4) is 0 Å². The molecule has 1 fully saturated rings. The van der Waals surface area contributed by atoms with Gasteiger partial charge < -0.3 is 14.4 Å². The quantitative estimate of drug-likeness (QED) is 0.382. The fraction of sp³-hybridized carbons (Fsp3) is 0.310. The van der Waals surface area contributed by atoms with E-state index in [9.17, 15) is 0 Å². The molecule has 0 bridgehead atoms. The topological polar surface area (TPSA) is 44.8 Å². The number of piperazine rings is 1. The van der Waals surface area contributed by atoms with Crippen LogP contribution in [0.5, 0.6) is 0 Å². The lowest BCUT2D eigenvalue weighted by molar-refractivity contribution is 0.245. The number of pyridine rings is 2. The lowest BCUT2D eigenvalue weighted by atomic mass is 10.00. The Kier molecular flexibility index (Phi) is 5.35. The van der Waals surface area contributed by atoms with E-state index in [1.807, 2.05) is 12.4 Å². The van der Waals surface area contributed by atoms with Crippen molar-refractivity contribution in [2.75, 3.05) is 49.1 Å². The molecule has 5 aromatic rings. The monoisotopic (exact) mass is 477 g/mol. The molecule has 0 aliphatic carbocycles. The van der Waals surface area contributed by atoms with Crippen molar-refractivity contribution in [3.8, 4) is 0 Å². The molecule has 7 heteroatoms. The van der Waals surface area contributed by atoms with Crippen LogP contribution in [0.1, 0.15) is 11.1 Å². The van der Waals surface area contributed by atoms with Gasteiger partial charge >= 0.3 is 0 Å². The third-order valence-corrected chi connectivity index (χ3v) is 7.80. The van der Waals surface area contributed by atoms with E-state index in [-0.39, 0.29) is 0 Å². The molecular weight excluding hydrogens is 446 g/mol. The molecule has 7 rings (SSSR count). The van der Waals surface area contributed by atoms with Crippen molar-refractivity contribution in [2.45, 2.75) is 19.5 Å². The number of anilines is 2. The Bertz CT molecular complexity index is 1510. The van der Waals surface area contributed by atoms with Gasteiger partial charge in [0.15, 0.2) is 0 Å². The maximum absolute atomic E-state index is 5.13. The van der Waals surface area contributed by atoms with Crippen LogP contribution >= 0.6 is 0 Å². The summed E-state index contributed by atoms with van der Waals surface area (Å²) in [4.78, 5) is 17.0. The van der Waals surface area contributed by atoms with E-state index in [1.165, 1.54) is 22.3 Å². The second kappa shape index (κ2) is 8.99. The summed E-state index contributed by atoms with van der Waals surface area (Å²) >= 11 is 0. The minimum Gasteiger partial charge on any atom is -0.354 e. The first kappa shape index (κ1) is 21.4. The van der Waals surface area contributed by atoms with Gasteiger partial charge in [-0.05, 0) is 47.9 Å². The molecule has 36 heavy (non-hydrogen) atoms. The second-order valence-corrected chi connectivity index (χ2v) is 9.90. The summed E-state index contributed by atoms with van der Waals surface area (Å²) in [7, 11) is 0. The summed E-state index contributed by atoms with van der Waals surface area (Å²) in [5.41, 5.74) is 5.07. The third kappa shape index (κ3) is 3.89. The Morgan fingerprint density at radius 2 is 1.58 bits per heavy atom. The first-order valence-electron chi connectivity index (χ1n) is 13.0. The van der Waals surface area contributed by atoms with E-state index in [2.05, 4.69) is 95.5 Å². The lowest BCUT2D eigenvalue weighted by Crippen LogP contribution is -2.47. The minimum atomic E-state index is 0.956. The fourth-order valence-electron chi connectivity index (χ4n) is 5.76. The number of nitrogens with zero attached hydrogens (tertiary/aromatic N) is 7. The molecule has 0 N–H and O–H groups in total. The minimum absolute atomic E-state index is 0.956. The molecular formula is C29H31N7. The van der Waals surface area contributed by atoms with Gasteiger partial charge in [-0.15, -0.1) is 0 Å². The number of rotatable bonds is 5. The molecule has 7 nitrogen and oxygen atoms in total. The molecule has 2 aliphatic heterocycles. The Balaban J connectivity index is 1.04. The molecule has 4 aromatic heterocycles. The van der Waals surface area contributed by atoms with Crippen LogP contribution in [-0.4, -0.2) is 63.1 Å². The summed E-state index contributed by atoms with van der Waals surface area (Å²) in [5, 5.41) is 1.22. The predicted octanol–water partition coefficient (Wildman–Crippen LogP) is 4.07. The van der Waals surface area contributed by atoms with Gasteiger partial charge in [-0.1, -0.05) is 30.3 Å². The molecule has 1 saturated heterocycles. The van der Waals surface area contributed by atoms with Crippen molar-refractivity contribution >= 4 is 28.3 Å². The molecule has 0 amide bonds. The van der Waals surface area contributed by atoms with E-state index >= 15 is 0 Å². The number of benzene rings is 1. The zero-order valence-electron chi connectivity index (χ0n) is 20.5. The zero-order chi connectivity index (χ0) is 23.9. The van der Waals surface area contributed by atoms with Crippen LogP contribution in [0.4, 0.5) is 11.6 Å². The maximum Gasteiger partial charge on any atom is 0.142 e.